The van der Waals surface area contributed by atoms with E-state index in [4.69, 9.17) is 5.11 Å². The number of benzene rings is 2. The molecule has 0 atom stereocenters. The second kappa shape index (κ2) is 9.43. The summed E-state index contributed by atoms with van der Waals surface area (Å²) in [7, 11) is 0. The van der Waals surface area contributed by atoms with Crippen molar-refractivity contribution in [2.45, 2.75) is 42.7 Å². The van der Waals surface area contributed by atoms with Crippen molar-refractivity contribution in [3.8, 4) is 0 Å². The highest BCUT2D eigenvalue weighted by molar-refractivity contribution is 7.99. The minimum atomic E-state index is -0.963. The molecular formula is C22H22N2O4S. The number of imidazole rings is 1. The standard InChI is InChI=1S/C22H22N2O4S/c1-2-3-8-19-23-13-20(29-18-7-5-4-6-17(18)22(27)28)24(19)14-15-9-11-16(12-10-15)21(25)26/h4-7,9-13H,2-3,8,14H2,1H3,(H,25,26)(H,27,28). The number of aromatic nitrogens is 2. The number of aryl methyl sites for hydroxylation is 1. The van der Waals surface area contributed by atoms with Crippen molar-refractivity contribution in [3.05, 3.63) is 77.2 Å². The van der Waals surface area contributed by atoms with Gasteiger partial charge in [0.15, 0.2) is 0 Å². The van der Waals surface area contributed by atoms with Crippen LogP contribution in [0.15, 0.2) is 64.6 Å². The van der Waals surface area contributed by atoms with E-state index in [2.05, 4.69) is 16.5 Å². The molecule has 0 radical (unpaired) electrons. The van der Waals surface area contributed by atoms with Gasteiger partial charge in [0.2, 0.25) is 0 Å². The highest BCUT2D eigenvalue weighted by Gasteiger charge is 2.16. The Balaban J connectivity index is 1.93. The lowest BCUT2D eigenvalue weighted by molar-refractivity contribution is 0.0684. The number of carbonyl (C=O) groups is 2. The summed E-state index contributed by atoms with van der Waals surface area (Å²) < 4.78 is 2.08. The number of nitrogens with zero attached hydrogens (tertiary/aromatic N) is 2. The van der Waals surface area contributed by atoms with Gasteiger partial charge in [-0.1, -0.05) is 49.4 Å². The van der Waals surface area contributed by atoms with E-state index in [0.29, 0.717) is 11.4 Å². The van der Waals surface area contributed by atoms with Crippen LogP contribution in [0.4, 0.5) is 0 Å². The molecule has 0 saturated carbocycles. The largest absolute Gasteiger partial charge is 0.478 e. The quantitative estimate of drug-likeness (QED) is 0.525. The highest BCUT2D eigenvalue weighted by Crippen LogP contribution is 2.32. The molecule has 2 N–H and O–H groups in total. The lowest BCUT2D eigenvalue weighted by Crippen LogP contribution is -2.07. The van der Waals surface area contributed by atoms with E-state index < -0.39 is 11.9 Å². The second-order valence-corrected chi connectivity index (χ2v) is 7.67. The molecule has 7 heteroatoms. The third kappa shape index (κ3) is 5.06. The molecule has 29 heavy (non-hydrogen) atoms. The van der Waals surface area contributed by atoms with Crippen molar-refractivity contribution in [2.24, 2.45) is 0 Å². The van der Waals surface area contributed by atoms with E-state index in [9.17, 15) is 14.7 Å². The molecule has 150 valence electrons. The van der Waals surface area contributed by atoms with Crippen LogP contribution in [-0.2, 0) is 13.0 Å². The van der Waals surface area contributed by atoms with Gasteiger partial charge in [-0.3, -0.25) is 0 Å². The maximum atomic E-state index is 11.5. The molecule has 1 aromatic heterocycles. The van der Waals surface area contributed by atoms with Crippen LogP contribution >= 0.6 is 11.8 Å². The van der Waals surface area contributed by atoms with Crippen LogP contribution in [-0.4, -0.2) is 31.7 Å². The molecule has 0 spiro atoms. The molecule has 0 aliphatic carbocycles. The summed E-state index contributed by atoms with van der Waals surface area (Å²) in [6, 6.07) is 13.7. The monoisotopic (exact) mass is 410 g/mol. The van der Waals surface area contributed by atoms with Gasteiger partial charge in [-0.2, -0.15) is 0 Å². The van der Waals surface area contributed by atoms with Crippen LogP contribution in [0.3, 0.4) is 0 Å². The van der Waals surface area contributed by atoms with Crippen molar-refractivity contribution in [2.75, 3.05) is 0 Å². The van der Waals surface area contributed by atoms with Crippen LogP contribution in [0.1, 0.15) is 51.9 Å². The van der Waals surface area contributed by atoms with E-state index >= 15 is 0 Å². The molecule has 0 unspecified atom stereocenters. The Morgan fingerprint density at radius 3 is 2.41 bits per heavy atom. The van der Waals surface area contributed by atoms with Gasteiger partial charge < -0.3 is 14.8 Å². The third-order valence-electron chi connectivity index (χ3n) is 4.53. The summed E-state index contributed by atoms with van der Waals surface area (Å²) in [5.41, 5.74) is 1.46. The normalized spacial score (nSPS) is 10.8. The minimum absolute atomic E-state index is 0.246. The van der Waals surface area contributed by atoms with Gasteiger partial charge in [0, 0.05) is 17.9 Å². The molecule has 0 bridgehead atoms. The molecule has 3 aromatic rings. The van der Waals surface area contributed by atoms with Crippen molar-refractivity contribution >= 4 is 23.7 Å². The van der Waals surface area contributed by atoms with E-state index in [0.717, 1.165) is 35.7 Å². The minimum Gasteiger partial charge on any atom is -0.478 e. The molecule has 3 rings (SSSR count). The predicted molar refractivity (Wildman–Crippen MR) is 111 cm³/mol. The van der Waals surface area contributed by atoms with E-state index in [-0.39, 0.29) is 11.1 Å². The fourth-order valence-electron chi connectivity index (χ4n) is 2.96. The van der Waals surface area contributed by atoms with Gasteiger partial charge in [-0.25, -0.2) is 14.6 Å². The first kappa shape index (κ1) is 20.7. The first-order chi connectivity index (χ1) is 14.0. The Bertz CT molecular complexity index is 1010. The number of rotatable bonds is 9. The van der Waals surface area contributed by atoms with Crippen molar-refractivity contribution in [1.82, 2.24) is 9.55 Å². The summed E-state index contributed by atoms with van der Waals surface area (Å²) in [4.78, 5) is 27.8. The van der Waals surface area contributed by atoms with Gasteiger partial charge in [-0.15, -0.1) is 0 Å². The van der Waals surface area contributed by atoms with E-state index in [1.54, 1.807) is 48.7 Å². The van der Waals surface area contributed by atoms with Gasteiger partial charge >= 0.3 is 11.9 Å². The zero-order chi connectivity index (χ0) is 20.8. The van der Waals surface area contributed by atoms with Crippen molar-refractivity contribution in [1.29, 1.82) is 0 Å². The average Bonchev–Trinajstić information content (AvgIpc) is 3.08. The molecule has 0 amide bonds. The van der Waals surface area contributed by atoms with Crippen LogP contribution in [0.25, 0.3) is 0 Å². The van der Waals surface area contributed by atoms with Gasteiger partial charge in [0.25, 0.3) is 0 Å². The van der Waals surface area contributed by atoms with Gasteiger partial charge in [0.1, 0.15) is 5.82 Å². The molecule has 6 nitrogen and oxygen atoms in total. The zero-order valence-corrected chi connectivity index (χ0v) is 16.9. The SMILES string of the molecule is CCCCc1ncc(Sc2ccccc2C(=O)O)n1Cc1ccc(C(=O)O)cc1. The lowest BCUT2D eigenvalue weighted by atomic mass is 10.1. The fraction of sp³-hybridized carbons (Fsp3) is 0.227. The number of carboxylic acids is 2. The Morgan fingerprint density at radius 2 is 1.76 bits per heavy atom. The summed E-state index contributed by atoms with van der Waals surface area (Å²) in [5.74, 6) is -0.983. The number of aromatic carboxylic acids is 2. The molecule has 0 saturated heterocycles. The molecule has 0 aliphatic rings. The third-order valence-corrected chi connectivity index (χ3v) is 5.64. The lowest BCUT2D eigenvalue weighted by Gasteiger charge is -2.13. The topological polar surface area (TPSA) is 92.4 Å². The number of unbranched alkanes of at least 4 members (excludes halogenated alkanes) is 1. The Morgan fingerprint density at radius 1 is 1.03 bits per heavy atom. The van der Waals surface area contributed by atoms with Crippen LogP contribution in [0.2, 0.25) is 0 Å². The van der Waals surface area contributed by atoms with Crippen LogP contribution in [0, 0.1) is 0 Å². The smallest absolute Gasteiger partial charge is 0.336 e. The highest BCUT2D eigenvalue weighted by atomic mass is 32.2. The summed E-state index contributed by atoms with van der Waals surface area (Å²) >= 11 is 1.38. The number of hydrogen-bond donors (Lipinski definition) is 2. The van der Waals surface area contributed by atoms with Crippen molar-refractivity contribution in [3.63, 3.8) is 0 Å². The summed E-state index contributed by atoms with van der Waals surface area (Å²) in [5, 5.41) is 19.4. The Labute approximate surface area is 173 Å². The van der Waals surface area contributed by atoms with E-state index in [1.807, 2.05) is 6.07 Å². The van der Waals surface area contributed by atoms with Gasteiger partial charge in [0.05, 0.1) is 22.3 Å². The molecule has 1 heterocycles. The first-order valence-corrected chi connectivity index (χ1v) is 10.2. The predicted octanol–water partition coefficient (Wildman–Crippen LogP) is 4.82. The Hall–Kier alpha value is -3.06. The fourth-order valence-corrected chi connectivity index (χ4v) is 3.98. The molecular weight excluding hydrogens is 388 g/mol. The van der Waals surface area contributed by atoms with E-state index in [1.165, 1.54) is 11.8 Å². The molecule has 0 aliphatic heterocycles. The maximum Gasteiger partial charge on any atom is 0.336 e. The summed E-state index contributed by atoms with van der Waals surface area (Å²) in [6.07, 6.45) is 4.65. The zero-order valence-electron chi connectivity index (χ0n) is 16.0. The average molecular weight is 410 g/mol. The van der Waals surface area contributed by atoms with Crippen molar-refractivity contribution < 1.29 is 19.8 Å². The van der Waals surface area contributed by atoms with Crippen LogP contribution in [0.5, 0.6) is 0 Å². The molecule has 0 fully saturated rings. The summed E-state index contributed by atoms with van der Waals surface area (Å²) in [6.45, 7) is 2.66. The number of carboxylic acid groups (broad SMARTS) is 2. The number of hydrogen-bond acceptors (Lipinski definition) is 4. The molecule has 2 aromatic carbocycles. The Kier molecular flexibility index (Phi) is 6.72. The van der Waals surface area contributed by atoms with Gasteiger partial charge in [-0.05, 0) is 36.2 Å². The first-order valence-electron chi connectivity index (χ1n) is 9.36. The second-order valence-electron chi connectivity index (χ2n) is 6.61. The van der Waals surface area contributed by atoms with Crippen LogP contribution < -0.4 is 0 Å². The maximum absolute atomic E-state index is 11.5.